The number of amides is 1. The van der Waals surface area contributed by atoms with E-state index in [1.54, 1.807) is 12.1 Å². The third-order valence-corrected chi connectivity index (χ3v) is 3.78. The summed E-state index contributed by atoms with van der Waals surface area (Å²) in [7, 11) is 0. The topological polar surface area (TPSA) is 68.0 Å². The Bertz CT molecular complexity index is 419. The van der Waals surface area contributed by atoms with Crippen LogP contribution in [0.4, 0.5) is 5.82 Å². The number of hydrogen-bond acceptors (Lipinski definition) is 3. The number of nitrogens with zero attached hydrogens (tertiary/aromatic N) is 1. The SMILES string of the molecule is Cc1cc(C(=O)NCCCC2CCCC2)cc(N)n1. The molecule has 0 unspecified atom stereocenters. The van der Waals surface area contributed by atoms with Crippen LogP contribution in [0.2, 0.25) is 0 Å². The summed E-state index contributed by atoms with van der Waals surface area (Å²) in [6.07, 6.45) is 7.80. The van der Waals surface area contributed by atoms with Gasteiger partial charge in [-0.05, 0) is 37.8 Å². The van der Waals surface area contributed by atoms with Gasteiger partial charge in [0.1, 0.15) is 5.82 Å². The highest BCUT2D eigenvalue weighted by Gasteiger charge is 2.14. The highest BCUT2D eigenvalue weighted by atomic mass is 16.1. The van der Waals surface area contributed by atoms with Crippen molar-refractivity contribution in [3.05, 3.63) is 23.4 Å². The lowest BCUT2D eigenvalue weighted by atomic mass is 10.0. The van der Waals surface area contributed by atoms with E-state index in [-0.39, 0.29) is 5.91 Å². The molecule has 0 spiro atoms. The zero-order chi connectivity index (χ0) is 13.7. The molecule has 1 fully saturated rings. The zero-order valence-electron chi connectivity index (χ0n) is 11.6. The lowest BCUT2D eigenvalue weighted by molar-refractivity contribution is 0.0952. The molecule has 19 heavy (non-hydrogen) atoms. The number of aryl methyl sites for hydroxylation is 1. The number of carbonyl (C=O) groups excluding carboxylic acids is 1. The van der Waals surface area contributed by atoms with Crippen LogP contribution in [0, 0.1) is 12.8 Å². The second-order valence-electron chi connectivity index (χ2n) is 5.47. The van der Waals surface area contributed by atoms with Gasteiger partial charge in [0.2, 0.25) is 0 Å². The number of carbonyl (C=O) groups is 1. The molecule has 0 aliphatic heterocycles. The lowest BCUT2D eigenvalue weighted by Gasteiger charge is -2.09. The van der Waals surface area contributed by atoms with E-state index in [1.807, 2.05) is 6.92 Å². The van der Waals surface area contributed by atoms with Crippen molar-refractivity contribution in [3.8, 4) is 0 Å². The predicted molar refractivity (Wildman–Crippen MR) is 76.9 cm³/mol. The number of nitrogens with one attached hydrogen (secondary N) is 1. The van der Waals surface area contributed by atoms with Crippen LogP contribution in [0.25, 0.3) is 0 Å². The fourth-order valence-corrected chi connectivity index (χ4v) is 2.82. The summed E-state index contributed by atoms with van der Waals surface area (Å²) in [6, 6.07) is 3.39. The Hall–Kier alpha value is -1.58. The molecule has 0 atom stereocenters. The van der Waals surface area contributed by atoms with Crippen molar-refractivity contribution in [3.63, 3.8) is 0 Å². The van der Waals surface area contributed by atoms with Gasteiger partial charge >= 0.3 is 0 Å². The van der Waals surface area contributed by atoms with E-state index in [9.17, 15) is 4.79 Å². The number of hydrogen-bond donors (Lipinski definition) is 2. The van der Waals surface area contributed by atoms with Crippen molar-refractivity contribution in [1.29, 1.82) is 0 Å². The Kier molecular flexibility index (Phi) is 4.77. The molecule has 0 saturated heterocycles. The van der Waals surface area contributed by atoms with Crippen molar-refractivity contribution in [2.75, 3.05) is 12.3 Å². The molecule has 0 bridgehead atoms. The van der Waals surface area contributed by atoms with Crippen molar-refractivity contribution >= 4 is 11.7 Å². The number of nitrogens with two attached hydrogens (primary N) is 1. The standard InChI is InChI=1S/C15H23N3O/c1-11-9-13(10-14(16)18-11)15(19)17-8-4-7-12-5-2-3-6-12/h9-10,12H,2-8H2,1H3,(H2,16,18)(H,17,19). The highest BCUT2D eigenvalue weighted by molar-refractivity contribution is 5.94. The van der Waals surface area contributed by atoms with E-state index in [1.165, 1.54) is 32.1 Å². The van der Waals surface area contributed by atoms with E-state index in [0.717, 1.165) is 24.6 Å². The number of nitrogen functional groups attached to an aromatic ring is 1. The van der Waals surface area contributed by atoms with E-state index in [0.29, 0.717) is 11.4 Å². The average Bonchev–Trinajstić information content (AvgIpc) is 2.86. The molecule has 104 valence electrons. The number of pyridine rings is 1. The first kappa shape index (κ1) is 13.8. The van der Waals surface area contributed by atoms with Crippen LogP contribution in [0.1, 0.15) is 54.6 Å². The minimum atomic E-state index is -0.0522. The van der Waals surface area contributed by atoms with Crippen LogP contribution in [0.5, 0.6) is 0 Å². The lowest BCUT2D eigenvalue weighted by Crippen LogP contribution is -2.25. The van der Waals surface area contributed by atoms with Gasteiger partial charge in [-0.3, -0.25) is 4.79 Å². The van der Waals surface area contributed by atoms with Crippen LogP contribution in [-0.4, -0.2) is 17.4 Å². The van der Waals surface area contributed by atoms with E-state index < -0.39 is 0 Å². The monoisotopic (exact) mass is 261 g/mol. The Morgan fingerprint density at radius 1 is 1.42 bits per heavy atom. The van der Waals surface area contributed by atoms with Crippen molar-refractivity contribution in [1.82, 2.24) is 10.3 Å². The second kappa shape index (κ2) is 6.55. The molecule has 1 aliphatic carbocycles. The van der Waals surface area contributed by atoms with E-state index in [4.69, 9.17) is 5.73 Å². The quantitative estimate of drug-likeness (QED) is 0.801. The van der Waals surface area contributed by atoms with Crippen LogP contribution in [-0.2, 0) is 0 Å². The molecule has 0 radical (unpaired) electrons. The minimum absolute atomic E-state index is 0.0522. The minimum Gasteiger partial charge on any atom is -0.384 e. The van der Waals surface area contributed by atoms with Crippen LogP contribution in [0.15, 0.2) is 12.1 Å². The summed E-state index contributed by atoms with van der Waals surface area (Å²) < 4.78 is 0. The van der Waals surface area contributed by atoms with Gasteiger partial charge in [0, 0.05) is 17.8 Å². The molecule has 1 heterocycles. The van der Waals surface area contributed by atoms with Gasteiger partial charge in [0.15, 0.2) is 0 Å². The third kappa shape index (κ3) is 4.23. The predicted octanol–water partition coefficient (Wildman–Crippen LogP) is 2.67. The summed E-state index contributed by atoms with van der Waals surface area (Å²) in [6.45, 7) is 2.59. The van der Waals surface area contributed by atoms with E-state index >= 15 is 0 Å². The summed E-state index contributed by atoms with van der Waals surface area (Å²) in [5, 5.41) is 2.96. The largest absolute Gasteiger partial charge is 0.384 e. The first-order valence-corrected chi connectivity index (χ1v) is 7.17. The molecular formula is C15H23N3O. The maximum Gasteiger partial charge on any atom is 0.251 e. The van der Waals surface area contributed by atoms with Crippen molar-refractivity contribution < 1.29 is 4.79 Å². The third-order valence-electron chi connectivity index (χ3n) is 3.78. The molecule has 0 aromatic carbocycles. The van der Waals surface area contributed by atoms with Gasteiger partial charge in [-0.15, -0.1) is 0 Å². The van der Waals surface area contributed by atoms with Crippen molar-refractivity contribution in [2.45, 2.75) is 45.4 Å². The number of rotatable bonds is 5. The number of aromatic nitrogens is 1. The first-order valence-electron chi connectivity index (χ1n) is 7.17. The molecule has 1 amide bonds. The van der Waals surface area contributed by atoms with Gasteiger partial charge in [0.05, 0.1) is 0 Å². The average molecular weight is 261 g/mol. The first-order chi connectivity index (χ1) is 9.15. The normalized spacial score (nSPS) is 15.6. The van der Waals surface area contributed by atoms with E-state index in [2.05, 4.69) is 10.3 Å². The summed E-state index contributed by atoms with van der Waals surface area (Å²) in [4.78, 5) is 16.0. The molecule has 1 aromatic heterocycles. The molecule has 1 saturated carbocycles. The maximum atomic E-state index is 12.0. The highest BCUT2D eigenvalue weighted by Crippen LogP contribution is 2.28. The van der Waals surface area contributed by atoms with Crippen LogP contribution < -0.4 is 11.1 Å². The Morgan fingerprint density at radius 3 is 2.84 bits per heavy atom. The Morgan fingerprint density at radius 2 is 2.16 bits per heavy atom. The molecule has 4 nitrogen and oxygen atoms in total. The van der Waals surface area contributed by atoms with Crippen LogP contribution >= 0.6 is 0 Å². The molecule has 1 aliphatic rings. The van der Waals surface area contributed by atoms with Gasteiger partial charge < -0.3 is 11.1 Å². The summed E-state index contributed by atoms with van der Waals surface area (Å²) >= 11 is 0. The van der Waals surface area contributed by atoms with Gasteiger partial charge in [-0.1, -0.05) is 25.7 Å². The molecule has 3 N–H and O–H groups in total. The Labute approximate surface area is 114 Å². The smallest absolute Gasteiger partial charge is 0.251 e. The maximum absolute atomic E-state index is 12.0. The van der Waals surface area contributed by atoms with Gasteiger partial charge in [-0.25, -0.2) is 4.98 Å². The summed E-state index contributed by atoms with van der Waals surface area (Å²) in [5.41, 5.74) is 7.02. The molecule has 1 aromatic rings. The van der Waals surface area contributed by atoms with Gasteiger partial charge in [-0.2, -0.15) is 0 Å². The molecule has 4 heteroatoms. The van der Waals surface area contributed by atoms with Crippen LogP contribution in [0.3, 0.4) is 0 Å². The second-order valence-corrected chi connectivity index (χ2v) is 5.47. The van der Waals surface area contributed by atoms with Crippen molar-refractivity contribution in [2.24, 2.45) is 5.92 Å². The molecular weight excluding hydrogens is 238 g/mol. The molecule has 2 rings (SSSR count). The number of anilines is 1. The fraction of sp³-hybridized carbons (Fsp3) is 0.600. The van der Waals surface area contributed by atoms with Gasteiger partial charge in [0.25, 0.3) is 5.91 Å². The fourth-order valence-electron chi connectivity index (χ4n) is 2.82. The zero-order valence-corrected chi connectivity index (χ0v) is 11.6. The summed E-state index contributed by atoms with van der Waals surface area (Å²) in [5.74, 6) is 1.23. The Balaban J connectivity index is 1.74.